The summed E-state index contributed by atoms with van der Waals surface area (Å²) in [7, 11) is 3.51. The Balaban J connectivity index is 1.62. The Hall–Kier alpha value is -2.89. The van der Waals surface area contributed by atoms with E-state index in [1.165, 1.54) is 0 Å². The molecule has 0 unspecified atom stereocenters. The number of ether oxygens (including phenoxy) is 1. The number of methoxy groups -OCH3 is 1. The minimum Gasteiger partial charge on any atom is -0.497 e. The lowest BCUT2D eigenvalue weighted by Crippen LogP contribution is -2.23. The Labute approximate surface area is 152 Å². The molecule has 0 spiro atoms. The first-order chi connectivity index (χ1) is 12.6. The SMILES string of the molecule is COc1ccc(CNC(=O)c2cc(C3CC3)nc3c2c(C)nn3C)cc1. The summed E-state index contributed by atoms with van der Waals surface area (Å²) < 4.78 is 6.93. The lowest BCUT2D eigenvalue weighted by Gasteiger charge is -2.09. The molecule has 2 heterocycles. The first kappa shape index (κ1) is 16.6. The summed E-state index contributed by atoms with van der Waals surface area (Å²) in [5.74, 6) is 1.19. The maximum atomic E-state index is 12.9. The monoisotopic (exact) mass is 350 g/mol. The van der Waals surface area contributed by atoms with Crippen molar-refractivity contribution in [3.8, 4) is 5.75 Å². The molecule has 1 aromatic carbocycles. The van der Waals surface area contributed by atoms with Crippen molar-refractivity contribution < 1.29 is 9.53 Å². The normalized spacial score (nSPS) is 13.8. The number of rotatable bonds is 5. The molecular weight excluding hydrogens is 328 g/mol. The highest BCUT2D eigenvalue weighted by Crippen LogP contribution is 2.40. The van der Waals surface area contributed by atoms with Crippen molar-refractivity contribution in [2.45, 2.75) is 32.2 Å². The van der Waals surface area contributed by atoms with E-state index in [0.717, 1.165) is 46.6 Å². The molecule has 6 nitrogen and oxygen atoms in total. The maximum absolute atomic E-state index is 12.9. The van der Waals surface area contributed by atoms with Gasteiger partial charge >= 0.3 is 0 Å². The van der Waals surface area contributed by atoms with Gasteiger partial charge in [-0.3, -0.25) is 9.48 Å². The molecule has 0 bridgehead atoms. The molecule has 3 aromatic rings. The average molecular weight is 350 g/mol. The van der Waals surface area contributed by atoms with Gasteiger partial charge in [-0.15, -0.1) is 0 Å². The number of fused-ring (bicyclic) bond motifs is 1. The smallest absolute Gasteiger partial charge is 0.252 e. The van der Waals surface area contributed by atoms with E-state index in [9.17, 15) is 4.79 Å². The fourth-order valence-electron chi connectivity index (χ4n) is 3.25. The quantitative estimate of drug-likeness (QED) is 0.768. The van der Waals surface area contributed by atoms with Gasteiger partial charge in [0.05, 0.1) is 23.8 Å². The second kappa shape index (κ2) is 6.44. The number of hydrogen-bond donors (Lipinski definition) is 1. The van der Waals surface area contributed by atoms with Crippen molar-refractivity contribution in [2.75, 3.05) is 7.11 Å². The highest BCUT2D eigenvalue weighted by molar-refractivity contribution is 6.06. The zero-order valence-corrected chi connectivity index (χ0v) is 15.2. The number of hydrogen-bond acceptors (Lipinski definition) is 4. The predicted octanol–water partition coefficient (Wildman–Crippen LogP) is 3.09. The van der Waals surface area contributed by atoms with Crippen LogP contribution < -0.4 is 10.1 Å². The summed E-state index contributed by atoms with van der Waals surface area (Å²) in [5, 5.41) is 8.31. The summed E-state index contributed by atoms with van der Waals surface area (Å²) in [5.41, 5.74) is 4.29. The van der Waals surface area contributed by atoms with E-state index in [4.69, 9.17) is 9.72 Å². The van der Waals surface area contributed by atoms with E-state index >= 15 is 0 Å². The number of pyridine rings is 1. The van der Waals surface area contributed by atoms with Crippen LogP contribution in [0.15, 0.2) is 30.3 Å². The van der Waals surface area contributed by atoms with Crippen LogP contribution in [0.2, 0.25) is 0 Å². The Kier molecular flexibility index (Phi) is 4.11. The molecule has 1 saturated carbocycles. The van der Waals surface area contributed by atoms with E-state index in [2.05, 4.69) is 10.4 Å². The van der Waals surface area contributed by atoms with Gasteiger partial charge in [-0.05, 0) is 43.5 Å². The Bertz CT molecular complexity index is 972. The molecule has 1 N–H and O–H groups in total. The highest BCUT2D eigenvalue weighted by atomic mass is 16.5. The number of nitrogens with zero attached hydrogens (tertiary/aromatic N) is 3. The van der Waals surface area contributed by atoms with Crippen LogP contribution in [0.25, 0.3) is 11.0 Å². The van der Waals surface area contributed by atoms with Gasteiger partial charge < -0.3 is 10.1 Å². The van der Waals surface area contributed by atoms with Gasteiger partial charge in [0.2, 0.25) is 0 Å². The highest BCUT2D eigenvalue weighted by Gasteiger charge is 2.28. The topological polar surface area (TPSA) is 69.0 Å². The number of benzene rings is 1. The summed E-state index contributed by atoms with van der Waals surface area (Å²) in [4.78, 5) is 17.7. The van der Waals surface area contributed by atoms with Crippen LogP contribution in [-0.4, -0.2) is 27.8 Å². The molecule has 134 valence electrons. The first-order valence-electron chi connectivity index (χ1n) is 8.82. The van der Waals surface area contributed by atoms with E-state index < -0.39 is 0 Å². The van der Waals surface area contributed by atoms with Crippen molar-refractivity contribution in [3.63, 3.8) is 0 Å². The Morgan fingerprint density at radius 3 is 2.69 bits per heavy atom. The van der Waals surface area contributed by atoms with E-state index in [1.807, 2.05) is 44.3 Å². The number of nitrogens with one attached hydrogen (secondary N) is 1. The Morgan fingerprint density at radius 2 is 2.04 bits per heavy atom. The number of carbonyl (C=O) groups is 1. The number of aryl methyl sites for hydroxylation is 2. The molecule has 1 aliphatic rings. The van der Waals surface area contributed by atoms with Crippen LogP contribution in [-0.2, 0) is 13.6 Å². The fraction of sp³-hybridized carbons (Fsp3) is 0.350. The summed E-state index contributed by atoms with van der Waals surface area (Å²) >= 11 is 0. The molecule has 2 aromatic heterocycles. The standard InChI is InChI=1S/C20H22N4O2/c1-12-18-16(10-17(14-6-7-14)22-19(18)24(2)23-12)20(25)21-11-13-4-8-15(26-3)9-5-13/h4-5,8-10,14H,6-7,11H2,1-3H3,(H,21,25). The lowest BCUT2D eigenvalue weighted by atomic mass is 10.1. The van der Waals surface area contributed by atoms with E-state index in [1.54, 1.807) is 11.8 Å². The maximum Gasteiger partial charge on any atom is 0.252 e. The third kappa shape index (κ3) is 3.03. The summed E-state index contributed by atoms with van der Waals surface area (Å²) in [6.45, 7) is 2.38. The molecule has 0 radical (unpaired) electrons. The van der Waals surface area contributed by atoms with Gasteiger partial charge in [-0.25, -0.2) is 4.98 Å². The average Bonchev–Trinajstić information content (AvgIpc) is 3.46. The van der Waals surface area contributed by atoms with Gasteiger partial charge in [-0.2, -0.15) is 5.10 Å². The molecule has 26 heavy (non-hydrogen) atoms. The van der Waals surface area contributed by atoms with Crippen LogP contribution in [0.5, 0.6) is 5.75 Å². The van der Waals surface area contributed by atoms with Crippen LogP contribution in [0.4, 0.5) is 0 Å². The molecule has 1 aliphatic carbocycles. The summed E-state index contributed by atoms with van der Waals surface area (Å²) in [6.07, 6.45) is 2.28. The lowest BCUT2D eigenvalue weighted by molar-refractivity contribution is 0.0952. The molecule has 6 heteroatoms. The molecule has 1 amide bonds. The first-order valence-corrected chi connectivity index (χ1v) is 8.82. The van der Waals surface area contributed by atoms with Crippen LogP contribution in [0, 0.1) is 6.92 Å². The molecular formula is C20H22N4O2. The van der Waals surface area contributed by atoms with Crippen molar-refractivity contribution in [3.05, 3.63) is 52.8 Å². The van der Waals surface area contributed by atoms with E-state index in [0.29, 0.717) is 18.0 Å². The van der Waals surface area contributed by atoms with Gasteiger partial charge in [0.25, 0.3) is 5.91 Å². The third-order valence-electron chi connectivity index (χ3n) is 4.84. The van der Waals surface area contributed by atoms with E-state index in [-0.39, 0.29) is 5.91 Å². The number of aromatic nitrogens is 3. The largest absolute Gasteiger partial charge is 0.497 e. The minimum atomic E-state index is -0.0915. The van der Waals surface area contributed by atoms with Crippen LogP contribution >= 0.6 is 0 Å². The zero-order chi connectivity index (χ0) is 18.3. The molecule has 0 saturated heterocycles. The summed E-state index contributed by atoms with van der Waals surface area (Å²) in [6, 6.07) is 9.63. The van der Waals surface area contributed by atoms with Crippen molar-refractivity contribution >= 4 is 16.9 Å². The predicted molar refractivity (Wildman–Crippen MR) is 99.4 cm³/mol. The minimum absolute atomic E-state index is 0.0915. The second-order valence-electron chi connectivity index (χ2n) is 6.81. The zero-order valence-electron chi connectivity index (χ0n) is 15.2. The fourth-order valence-corrected chi connectivity index (χ4v) is 3.25. The molecule has 4 rings (SSSR count). The second-order valence-corrected chi connectivity index (χ2v) is 6.81. The van der Waals surface area contributed by atoms with Crippen molar-refractivity contribution in [2.24, 2.45) is 7.05 Å². The van der Waals surface area contributed by atoms with Crippen molar-refractivity contribution in [1.82, 2.24) is 20.1 Å². The van der Waals surface area contributed by atoms with Crippen molar-refractivity contribution in [1.29, 1.82) is 0 Å². The number of amides is 1. The van der Waals surface area contributed by atoms with Gasteiger partial charge in [0.1, 0.15) is 5.75 Å². The molecule has 0 aliphatic heterocycles. The van der Waals surface area contributed by atoms with Crippen LogP contribution in [0.3, 0.4) is 0 Å². The van der Waals surface area contributed by atoms with Gasteiger partial charge in [0, 0.05) is 25.2 Å². The third-order valence-corrected chi connectivity index (χ3v) is 4.84. The molecule has 1 fully saturated rings. The molecule has 0 atom stereocenters. The Morgan fingerprint density at radius 1 is 1.31 bits per heavy atom. The number of carbonyl (C=O) groups excluding carboxylic acids is 1. The van der Waals surface area contributed by atoms with Gasteiger partial charge in [-0.1, -0.05) is 12.1 Å². The van der Waals surface area contributed by atoms with Gasteiger partial charge in [0.15, 0.2) is 5.65 Å². The van der Waals surface area contributed by atoms with Crippen LogP contribution in [0.1, 0.15) is 46.1 Å².